The smallest absolute Gasteiger partial charge is 0.329 e. The lowest BCUT2D eigenvalue weighted by atomic mass is 9.78. The van der Waals surface area contributed by atoms with Gasteiger partial charge in [0.25, 0.3) is 17.7 Å². The van der Waals surface area contributed by atoms with E-state index < -0.39 is 100.0 Å². The van der Waals surface area contributed by atoms with E-state index in [1.54, 1.807) is 51.8 Å². The molecule has 7 heterocycles. The fraction of sp³-hybridized carbons (Fsp3) is 0.677. The lowest BCUT2D eigenvalue weighted by molar-refractivity contribution is -0.265. The summed E-state index contributed by atoms with van der Waals surface area (Å²) in [6.07, 6.45) is 13.6. The highest BCUT2D eigenvalue weighted by atomic mass is 32.2. The van der Waals surface area contributed by atoms with Gasteiger partial charge in [-0.3, -0.25) is 24.0 Å². The van der Waals surface area contributed by atoms with Crippen molar-refractivity contribution in [1.29, 1.82) is 0 Å². The number of amides is 1. The standard InChI is InChI=1S/C63H103NO18.C36H46N8O8S/c1-12-76-29-30-78-33-34-79-32-31-77-28-18-22-56(66)80-52-26-24-48(38-55(52)74-10)37-44(5)54-40-51(65)43(4)36-46(7)58(68)59(75-11)57(67)45(6)35-41(2)19-14-13-15-20-42(3)53(73-9)39-49-25-23-47(8)63(72,82-49)60(69)61(70)64-27-17-16-21-50(64)62(71)81-54;1-2-48-13-14-50-17-18-51-16-15-49-12-10-29(45)4-3-19-53(46,47)43-11-9-26-20-25(5-6-28(26)23-43)22-44-35-32(34(37)39-24-40-35)33(42-44)27-7-8-31-30(21-27)41-36(38)52-31/h13-15,19-20,36,41,43-45,47-55,58-59,65,68,72H,12,16-18,21-35,37-40H2,1-11H3;5-8,20-21,24H,2-4,9-19,22-23H2,1H3,(H2,38,41)(H2,37,39,40)/b15-13+,19-14+,42-20+,46-36+;/t41-,43-,44-,45-,47-,48+,49+,50+,51-,52-,53+,54+,55-,58-,59+,63-;/m1./s1. The third kappa shape index (κ3) is 33.8. The van der Waals surface area contributed by atoms with Crippen LogP contribution in [0.5, 0.6) is 0 Å². The van der Waals surface area contributed by atoms with E-state index in [2.05, 4.69) is 21.0 Å². The van der Waals surface area contributed by atoms with Crippen molar-refractivity contribution in [1.82, 2.24) is 33.9 Å². The van der Waals surface area contributed by atoms with Crippen LogP contribution in [0.15, 0.2) is 94.7 Å². The van der Waals surface area contributed by atoms with Crippen molar-refractivity contribution in [2.75, 3.05) is 157 Å². The van der Waals surface area contributed by atoms with Gasteiger partial charge in [0.15, 0.2) is 17.0 Å². The fourth-order valence-electron chi connectivity index (χ4n) is 17.9. The van der Waals surface area contributed by atoms with Gasteiger partial charge in [-0.25, -0.2) is 27.9 Å². The second-order valence-corrected chi connectivity index (χ2v) is 38.1. The van der Waals surface area contributed by atoms with Crippen LogP contribution in [-0.2, 0) is 125 Å². The Bertz CT molecular complexity index is 4790. The molecule has 5 aliphatic rings. The average molecular weight is 1910 g/mol. The number of cyclic esters (lactones) is 1. The summed E-state index contributed by atoms with van der Waals surface area (Å²) in [6, 6.07) is 10.5. The third-order valence-electron chi connectivity index (χ3n) is 25.8. The number of Topliss-reactive ketones (excluding diaryl/α,β-unsaturated/α-hetero) is 3. The molecule has 36 heteroatoms. The molecule has 7 N–H and O–H groups in total. The number of hydrogen-bond donors (Lipinski definition) is 5. The van der Waals surface area contributed by atoms with Gasteiger partial charge < -0.3 is 102 Å². The average Bonchev–Trinajstić information content (AvgIpc) is 1.23. The predicted molar refractivity (Wildman–Crippen MR) is 507 cm³/mol. The summed E-state index contributed by atoms with van der Waals surface area (Å²) in [5.41, 5.74) is 19.5. The zero-order valence-electron chi connectivity index (χ0n) is 81.2. The molecule has 35 nitrogen and oxygen atoms in total. The number of ether oxygens (including phenoxy) is 14. The number of methoxy groups -OCH3 is 3. The van der Waals surface area contributed by atoms with Gasteiger partial charge in [0.1, 0.15) is 59.6 Å². The van der Waals surface area contributed by atoms with Crippen LogP contribution >= 0.6 is 0 Å². The van der Waals surface area contributed by atoms with Crippen molar-refractivity contribution in [3.63, 3.8) is 0 Å². The van der Waals surface area contributed by atoms with Crippen LogP contribution in [-0.4, -0.2) is 299 Å². The molecule has 10 rings (SSSR count). The molecule has 2 aromatic carbocycles. The zero-order valence-corrected chi connectivity index (χ0v) is 82.0. The summed E-state index contributed by atoms with van der Waals surface area (Å²) < 4.78 is 114. The summed E-state index contributed by atoms with van der Waals surface area (Å²) in [7, 11) is 1.03. The Kier molecular flexibility index (Phi) is 46.4. The number of allylic oxidation sites excluding steroid dienone is 5. The number of nitrogen functional groups attached to an aromatic ring is 2. The van der Waals surface area contributed by atoms with E-state index >= 15 is 0 Å². The topological polar surface area (TPSA) is 455 Å². The Labute approximate surface area is 795 Å². The van der Waals surface area contributed by atoms with E-state index in [9.17, 15) is 52.5 Å². The minimum absolute atomic E-state index is 0.0100. The Balaban J connectivity index is 0.000000330. The van der Waals surface area contributed by atoms with E-state index in [4.69, 9.17) is 87.3 Å². The van der Waals surface area contributed by atoms with Crippen molar-refractivity contribution >= 4 is 79.2 Å². The lowest BCUT2D eigenvalue weighted by Crippen LogP contribution is -2.61. The van der Waals surface area contributed by atoms with Gasteiger partial charge in [-0.05, 0) is 175 Å². The molecule has 2 saturated heterocycles. The Morgan fingerprint density at radius 3 is 2.04 bits per heavy atom. The van der Waals surface area contributed by atoms with Crippen LogP contribution in [0, 0.1) is 35.5 Å². The van der Waals surface area contributed by atoms with Gasteiger partial charge >= 0.3 is 11.9 Å². The number of aliphatic hydroxyl groups is 3. The normalized spacial score (nSPS) is 26.8. The fourth-order valence-corrected chi connectivity index (χ4v) is 19.4. The molecule has 4 aliphatic heterocycles. The highest BCUT2D eigenvalue weighted by Gasteiger charge is 2.53. The molecular formula is C99H149N9O26S. The SMILES string of the molecule is CCOCCOCCOCCOCCC(=O)CCCS(=O)(=O)N1CCc2cc(Cn3nc(-c4ccc5oc(N)nc5c4)c4c(N)ncnc43)ccc2C1.CCOCCOCCOCCOCCCC(=O)O[C@@H]1CC[C@@H](C[C@@H](C)[C@@H]2C[C@@H](O)[C@H](C)/C=C(\C)[C@@H](O)[C@@H](OC)C(=O)[C@H](C)C[C@H](C)/C=C/C=C/C=C(\C)[C@@H](OC)C[C@@H]3CC[C@@H](C)[C@@](O)(O3)C(=O)C(=O)N3CCCC[C@H]3C(=O)O2)C[C@H]1OC. The molecule has 1 aliphatic carbocycles. The maximum Gasteiger partial charge on any atom is 0.329 e. The van der Waals surface area contributed by atoms with Crippen molar-refractivity contribution in [2.45, 2.75) is 252 Å². The number of ketones is 3. The Morgan fingerprint density at radius 2 is 1.37 bits per heavy atom. The summed E-state index contributed by atoms with van der Waals surface area (Å²) >= 11 is 0. The molecule has 752 valence electrons. The monoisotopic (exact) mass is 1910 g/mol. The number of anilines is 2. The van der Waals surface area contributed by atoms with Crippen molar-refractivity contribution in [3.8, 4) is 11.3 Å². The van der Waals surface area contributed by atoms with Gasteiger partial charge in [-0.2, -0.15) is 14.4 Å². The number of aliphatic hydroxyl groups excluding tert-OH is 2. The van der Waals surface area contributed by atoms with Gasteiger partial charge in [0, 0.05) is 116 Å². The van der Waals surface area contributed by atoms with Crippen LogP contribution in [0.2, 0.25) is 0 Å². The quantitative estimate of drug-likeness (QED) is 0.0105. The van der Waals surface area contributed by atoms with Gasteiger partial charge in [-0.15, -0.1) is 0 Å². The third-order valence-corrected chi connectivity index (χ3v) is 27.7. The Hall–Kier alpha value is -8.25. The molecule has 1 saturated carbocycles. The van der Waals surface area contributed by atoms with E-state index in [-0.39, 0.29) is 111 Å². The summed E-state index contributed by atoms with van der Waals surface area (Å²) in [5, 5.41) is 41.2. The summed E-state index contributed by atoms with van der Waals surface area (Å²) in [4.78, 5) is 96.8. The van der Waals surface area contributed by atoms with Crippen LogP contribution in [0.25, 0.3) is 33.4 Å². The molecular weight excluding hydrogens is 1760 g/mol. The van der Waals surface area contributed by atoms with Crippen molar-refractivity contribution < 1.29 is 123 Å². The molecule has 5 aromatic rings. The second-order valence-electron chi connectivity index (χ2n) is 36.0. The lowest BCUT2D eigenvalue weighted by Gasteiger charge is -2.43. The maximum atomic E-state index is 14.7. The van der Waals surface area contributed by atoms with Crippen LogP contribution < -0.4 is 11.5 Å². The van der Waals surface area contributed by atoms with Crippen LogP contribution in [0.3, 0.4) is 0 Å². The number of hydrogen-bond acceptors (Lipinski definition) is 32. The first-order chi connectivity index (χ1) is 64.9. The number of piperidine rings is 1. The van der Waals surface area contributed by atoms with Gasteiger partial charge in [0.2, 0.25) is 15.8 Å². The number of esters is 2. The van der Waals surface area contributed by atoms with Gasteiger partial charge in [0.05, 0.1) is 128 Å². The summed E-state index contributed by atoms with van der Waals surface area (Å²) in [5.74, 6) is -7.78. The molecule has 0 spiro atoms. The molecule has 2 bridgehead atoms. The van der Waals surface area contributed by atoms with Crippen LogP contribution in [0.1, 0.15) is 188 Å². The number of aromatic nitrogens is 5. The van der Waals surface area contributed by atoms with E-state index in [0.29, 0.717) is 228 Å². The number of benzene rings is 2. The highest BCUT2D eigenvalue weighted by molar-refractivity contribution is 7.89. The first-order valence-electron chi connectivity index (χ1n) is 48.1. The van der Waals surface area contributed by atoms with Crippen molar-refractivity contribution in [2.24, 2.45) is 35.5 Å². The second kappa shape index (κ2) is 56.7. The molecule has 3 fully saturated rings. The largest absolute Gasteiger partial charge is 0.460 e. The molecule has 0 radical (unpaired) electrons. The van der Waals surface area contributed by atoms with E-state index in [1.807, 2.05) is 96.2 Å². The van der Waals surface area contributed by atoms with Gasteiger partial charge in [-0.1, -0.05) is 89.3 Å². The summed E-state index contributed by atoms with van der Waals surface area (Å²) in [6.45, 7) is 25.5. The minimum atomic E-state index is -3.53. The number of sulfonamides is 1. The minimum Gasteiger partial charge on any atom is -0.460 e. The number of carbonyl (C=O) groups excluding carboxylic acids is 6. The Morgan fingerprint density at radius 1 is 0.689 bits per heavy atom. The van der Waals surface area contributed by atoms with E-state index in [1.165, 1.54) is 22.6 Å². The highest BCUT2D eigenvalue weighted by Crippen LogP contribution is 2.40. The predicted octanol–water partition coefficient (Wildman–Crippen LogP) is 10.8. The van der Waals surface area contributed by atoms with Crippen LogP contribution in [0.4, 0.5) is 11.8 Å². The number of fused-ring (bicyclic) bond motifs is 6. The number of nitrogens with zero attached hydrogens (tertiary/aromatic N) is 7. The molecule has 0 unspecified atom stereocenters. The molecule has 16 atom stereocenters. The number of carbonyl (C=O) groups is 6. The van der Waals surface area contributed by atoms with Crippen molar-refractivity contribution in [3.05, 3.63) is 107 Å². The number of rotatable bonds is 42. The number of nitrogens with two attached hydrogens (primary N) is 2. The zero-order chi connectivity index (χ0) is 97.6. The number of oxazole rings is 1. The van der Waals surface area contributed by atoms with E-state index in [0.717, 1.165) is 27.8 Å². The molecule has 3 aromatic heterocycles. The molecule has 1 amide bonds. The maximum absolute atomic E-state index is 14.7. The first kappa shape index (κ1) is 110. The molecule has 135 heavy (non-hydrogen) atoms. The first-order valence-corrected chi connectivity index (χ1v) is 49.7.